The number of carbonyl (C=O) groups is 3. The largest absolute Gasteiger partial charge is 0.477 e. The van der Waals surface area contributed by atoms with E-state index >= 15 is 0 Å². The summed E-state index contributed by atoms with van der Waals surface area (Å²) in [5, 5.41) is 26.6. The quantitative estimate of drug-likeness (QED) is 0.0305. The molecule has 0 bridgehead atoms. The standard InChI is InChI=1S/C13H10F3NO3.C11H6F3NO3.C7H6ClNO.C6H8O2/c1-2-19-12(18)9-10(8-6-4-3-5-7-8)17-20-11(9)13(14,15)16;12-11(13,14)9-7(10(16)17)8(15-18-9)6-4-2-1-3-5-6;8-7(9-10)6-4-2-1-3-5-6;1-3-5-6(7)8-4-2/h3-7H,2H2,1H3;1-5H,(H,16,17);1-5,10H;4H2,1-2H3. The third-order valence-corrected chi connectivity index (χ3v) is 6.58. The Morgan fingerprint density at radius 2 is 1.14 bits per heavy atom. The molecule has 12 nitrogen and oxygen atoms in total. The topological polar surface area (TPSA) is 175 Å². The molecule has 0 aliphatic rings. The molecular weight excluding hydrogens is 780 g/mol. The van der Waals surface area contributed by atoms with Crippen LogP contribution < -0.4 is 0 Å². The van der Waals surface area contributed by atoms with E-state index in [2.05, 4.69) is 45.8 Å². The number of carbonyl (C=O) groups excluding carboxylic acids is 2. The molecule has 0 saturated heterocycles. The second-order valence-electron chi connectivity index (χ2n) is 10.1. The molecule has 56 heavy (non-hydrogen) atoms. The zero-order valence-electron chi connectivity index (χ0n) is 29.3. The van der Waals surface area contributed by atoms with Crippen LogP contribution in [0.15, 0.2) is 105 Å². The number of halogens is 7. The third kappa shape index (κ3) is 13.7. The number of oxime groups is 1. The van der Waals surface area contributed by atoms with Gasteiger partial charge in [-0.3, -0.25) is 0 Å². The Morgan fingerprint density at radius 1 is 0.732 bits per heavy atom. The van der Waals surface area contributed by atoms with Gasteiger partial charge in [0.15, 0.2) is 5.17 Å². The first kappa shape index (κ1) is 45.5. The van der Waals surface area contributed by atoms with Gasteiger partial charge in [-0.25, -0.2) is 14.4 Å². The molecule has 2 N–H and O–H groups in total. The highest BCUT2D eigenvalue weighted by Gasteiger charge is 2.44. The monoisotopic (exact) mass is 809 g/mol. The molecule has 0 aliphatic carbocycles. The zero-order chi connectivity index (χ0) is 41.9. The lowest BCUT2D eigenvalue weighted by Gasteiger charge is -2.06. The Balaban J connectivity index is 0.000000275. The molecule has 0 saturated carbocycles. The number of hydrogen-bond donors (Lipinski definition) is 2. The van der Waals surface area contributed by atoms with Crippen LogP contribution in [0.25, 0.3) is 22.5 Å². The molecular formula is C37H30ClF6N3O9. The van der Waals surface area contributed by atoms with Crippen LogP contribution in [0.2, 0.25) is 0 Å². The number of hydrogen-bond acceptors (Lipinski definition) is 11. The van der Waals surface area contributed by atoms with Gasteiger partial charge in [-0.05, 0) is 20.8 Å². The lowest BCUT2D eigenvalue weighted by molar-refractivity contribution is -0.156. The summed E-state index contributed by atoms with van der Waals surface area (Å²) in [6.07, 6.45) is -9.71. The third-order valence-electron chi connectivity index (χ3n) is 6.29. The minimum Gasteiger partial charge on any atom is -0.477 e. The molecule has 19 heteroatoms. The summed E-state index contributed by atoms with van der Waals surface area (Å²) in [5.41, 5.74) is -0.901. The van der Waals surface area contributed by atoms with Gasteiger partial charge in [0, 0.05) is 22.6 Å². The van der Waals surface area contributed by atoms with E-state index in [9.17, 15) is 40.7 Å². The van der Waals surface area contributed by atoms with Gasteiger partial charge in [-0.15, -0.1) is 0 Å². The SMILES string of the molecule is CC#CC(=O)OCC.CCOC(=O)c1c(-c2ccccc2)noc1C(F)(F)F.O=C(O)c1c(-c2ccccc2)noc1C(F)(F)F.ON=C(Cl)c1ccccc1. The van der Waals surface area contributed by atoms with Crippen molar-refractivity contribution < 1.29 is 69.6 Å². The number of carboxylic acids is 1. The van der Waals surface area contributed by atoms with Crippen molar-refractivity contribution in [3.63, 3.8) is 0 Å². The Bertz CT molecular complexity index is 2110. The number of aromatic carboxylic acids is 1. The summed E-state index contributed by atoms with van der Waals surface area (Å²) in [7, 11) is 0. The number of rotatable bonds is 7. The van der Waals surface area contributed by atoms with Crippen LogP contribution >= 0.6 is 11.6 Å². The summed E-state index contributed by atoms with van der Waals surface area (Å²) in [6.45, 7) is 5.19. The second-order valence-corrected chi connectivity index (χ2v) is 10.4. The maximum atomic E-state index is 12.8. The fourth-order valence-corrected chi connectivity index (χ4v) is 4.17. The average molecular weight is 810 g/mol. The average Bonchev–Trinajstić information content (AvgIpc) is 3.84. The summed E-state index contributed by atoms with van der Waals surface area (Å²) < 4.78 is 93.7. The molecule has 2 heterocycles. The van der Waals surface area contributed by atoms with E-state index in [1.807, 2.05) is 18.2 Å². The van der Waals surface area contributed by atoms with Crippen molar-refractivity contribution >= 4 is 34.7 Å². The van der Waals surface area contributed by atoms with E-state index in [-0.39, 0.29) is 28.7 Å². The van der Waals surface area contributed by atoms with Gasteiger partial charge in [0.25, 0.3) is 11.5 Å². The van der Waals surface area contributed by atoms with E-state index in [1.54, 1.807) is 62.4 Å². The first-order valence-electron chi connectivity index (χ1n) is 15.7. The number of alkyl halides is 6. The summed E-state index contributed by atoms with van der Waals surface area (Å²) in [4.78, 5) is 32.9. The van der Waals surface area contributed by atoms with Gasteiger partial charge < -0.3 is 28.8 Å². The molecule has 0 fully saturated rings. The smallest absolute Gasteiger partial charge is 0.453 e. The maximum absolute atomic E-state index is 12.8. The molecule has 0 radical (unpaired) electrons. The van der Waals surface area contributed by atoms with Gasteiger partial charge in [-0.1, -0.05) is 124 Å². The van der Waals surface area contributed by atoms with Crippen LogP contribution in [0.5, 0.6) is 0 Å². The van der Waals surface area contributed by atoms with Crippen LogP contribution in [-0.2, 0) is 26.6 Å². The van der Waals surface area contributed by atoms with E-state index in [0.29, 0.717) is 17.7 Å². The van der Waals surface area contributed by atoms with Crippen molar-refractivity contribution in [1.29, 1.82) is 0 Å². The van der Waals surface area contributed by atoms with Crippen LogP contribution in [-0.4, -0.2) is 56.9 Å². The van der Waals surface area contributed by atoms with Crippen molar-refractivity contribution in [2.24, 2.45) is 5.16 Å². The fraction of sp³-hybridized carbons (Fsp3) is 0.189. The molecule has 0 spiro atoms. The highest BCUT2D eigenvalue weighted by molar-refractivity contribution is 6.69. The van der Waals surface area contributed by atoms with Crippen molar-refractivity contribution in [2.45, 2.75) is 33.1 Å². The van der Waals surface area contributed by atoms with Crippen molar-refractivity contribution in [3.8, 4) is 34.4 Å². The van der Waals surface area contributed by atoms with Gasteiger partial charge in [0.05, 0.1) is 13.2 Å². The molecule has 0 atom stereocenters. The first-order valence-corrected chi connectivity index (χ1v) is 16.1. The fourth-order valence-electron chi connectivity index (χ4n) is 4.05. The molecule has 2 aromatic heterocycles. The summed E-state index contributed by atoms with van der Waals surface area (Å²) >= 11 is 5.49. The molecule has 296 valence electrons. The Morgan fingerprint density at radius 3 is 1.52 bits per heavy atom. The minimum absolute atomic E-state index is 0.0461. The van der Waals surface area contributed by atoms with Crippen molar-refractivity contribution in [3.05, 3.63) is 119 Å². The number of aromatic nitrogens is 2. The Kier molecular flexibility index (Phi) is 17.8. The van der Waals surface area contributed by atoms with E-state index in [4.69, 9.17) is 21.9 Å². The Labute approximate surface area is 319 Å². The van der Waals surface area contributed by atoms with Crippen molar-refractivity contribution in [2.75, 3.05) is 13.2 Å². The Hall–Kier alpha value is -6.61. The van der Waals surface area contributed by atoms with E-state index in [0.717, 1.165) is 0 Å². The molecule has 3 aromatic carbocycles. The highest BCUT2D eigenvalue weighted by Crippen LogP contribution is 2.38. The van der Waals surface area contributed by atoms with Crippen LogP contribution in [0.4, 0.5) is 26.3 Å². The molecule has 0 unspecified atom stereocenters. The predicted molar refractivity (Wildman–Crippen MR) is 187 cm³/mol. The van der Waals surface area contributed by atoms with Gasteiger partial charge >= 0.3 is 30.3 Å². The predicted octanol–water partition coefficient (Wildman–Crippen LogP) is 9.23. The number of ether oxygens (including phenoxy) is 2. The molecule has 5 rings (SSSR count). The van der Waals surface area contributed by atoms with Gasteiger partial charge in [-0.2, -0.15) is 26.3 Å². The van der Waals surface area contributed by atoms with E-state index < -0.39 is 52.9 Å². The minimum atomic E-state index is -4.90. The number of esters is 2. The molecule has 0 aliphatic heterocycles. The maximum Gasteiger partial charge on any atom is 0.453 e. The zero-order valence-corrected chi connectivity index (χ0v) is 30.1. The van der Waals surface area contributed by atoms with Crippen LogP contribution in [0, 0.1) is 11.8 Å². The summed E-state index contributed by atoms with van der Waals surface area (Å²) in [5.74, 6) is -1.68. The summed E-state index contributed by atoms with van der Waals surface area (Å²) in [6, 6.07) is 24.7. The number of nitrogens with zero attached hydrogens (tertiary/aromatic N) is 3. The lowest BCUT2D eigenvalue weighted by Crippen LogP contribution is -2.13. The highest BCUT2D eigenvalue weighted by atomic mass is 35.5. The molecule has 5 aromatic rings. The van der Waals surface area contributed by atoms with Crippen LogP contribution in [0.1, 0.15) is 58.6 Å². The van der Waals surface area contributed by atoms with Gasteiger partial charge in [0.1, 0.15) is 22.5 Å². The molecule has 0 amide bonds. The van der Waals surface area contributed by atoms with E-state index in [1.165, 1.54) is 31.2 Å². The normalized spacial score (nSPS) is 10.8. The first-order chi connectivity index (χ1) is 26.5. The van der Waals surface area contributed by atoms with Gasteiger partial charge in [0.2, 0.25) is 0 Å². The number of carboxylic acid groups (broad SMARTS) is 1. The van der Waals surface area contributed by atoms with Crippen LogP contribution in [0.3, 0.4) is 0 Å². The second kappa shape index (κ2) is 21.9. The van der Waals surface area contributed by atoms with Crippen molar-refractivity contribution in [1.82, 2.24) is 10.3 Å². The lowest BCUT2D eigenvalue weighted by atomic mass is 10.1. The number of benzene rings is 3.